The Balaban J connectivity index is 1.72. The molecule has 0 bridgehead atoms. The first kappa shape index (κ1) is 15.4. The van der Waals surface area contributed by atoms with Crippen molar-refractivity contribution >= 4 is 5.91 Å². The van der Waals surface area contributed by atoms with Crippen molar-refractivity contribution in [3.8, 4) is 0 Å². The van der Waals surface area contributed by atoms with Crippen LogP contribution in [0.4, 0.5) is 0 Å². The van der Waals surface area contributed by atoms with E-state index < -0.39 is 0 Å². The molecule has 1 spiro atoms. The SMILES string of the molecule is CC(C)N1CC2(COCCN(Cc3ccncc3)C2)CC1=O. The number of hydrogen-bond donors (Lipinski definition) is 0. The minimum absolute atomic E-state index is 0.0507. The molecule has 0 aromatic carbocycles. The van der Waals surface area contributed by atoms with Gasteiger partial charge in [-0.05, 0) is 31.5 Å². The zero-order chi connectivity index (χ0) is 15.6. The van der Waals surface area contributed by atoms with Crippen molar-refractivity contribution in [2.45, 2.75) is 32.9 Å². The standard InChI is InChI=1S/C17H25N3O2/c1-14(2)20-12-17(9-16(20)21)11-19(7-8-22-13-17)10-15-3-5-18-6-4-15/h3-6,14H,7-13H2,1-2H3. The molecule has 1 atom stereocenters. The maximum absolute atomic E-state index is 12.3. The maximum Gasteiger partial charge on any atom is 0.223 e. The molecule has 2 aliphatic rings. The van der Waals surface area contributed by atoms with E-state index in [9.17, 15) is 4.79 Å². The Morgan fingerprint density at radius 1 is 1.32 bits per heavy atom. The van der Waals surface area contributed by atoms with E-state index in [0.29, 0.717) is 13.0 Å². The lowest BCUT2D eigenvalue weighted by atomic mass is 9.87. The molecule has 0 radical (unpaired) electrons. The third kappa shape index (κ3) is 3.31. The zero-order valence-corrected chi connectivity index (χ0v) is 13.5. The molecule has 0 saturated carbocycles. The van der Waals surface area contributed by atoms with Gasteiger partial charge in [0.1, 0.15) is 0 Å². The van der Waals surface area contributed by atoms with Crippen LogP contribution in [0.1, 0.15) is 25.8 Å². The van der Waals surface area contributed by atoms with Gasteiger partial charge in [-0.3, -0.25) is 14.7 Å². The topological polar surface area (TPSA) is 45.7 Å². The van der Waals surface area contributed by atoms with Gasteiger partial charge >= 0.3 is 0 Å². The maximum atomic E-state index is 12.3. The average Bonchev–Trinajstić information content (AvgIpc) is 2.69. The number of ether oxygens (including phenoxy) is 1. The number of nitrogens with zero attached hydrogens (tertiary/aromatic N) is 3. The molecule has 3 heterocycles. The second-order valence-electron chi connectivity index (χ2n) is 6.91. The summed E-state index contributed by atoms with van der Waals surface area (Å²) >= 11 is 0. The van der Waals surface area contributed by atoms with Crippen LogP contribution in [0.15, 0.2) is 24.5 Å². The number of amides is 1. The van der Waals surface area contributed by atoms with E-state index in [-0.39, 0.29) is 17.4 Å². The minimum atomic E-state index is -0.0507. The summed E-state index contributed by atoms with van der Waals surface area (Å²) in [5, 5.41) is 0. The third-order valence-electron chi connectivity index (χ3n) is 4.65. The van der Waals surface area contributed by atoms with Crippen LogP contribution in [0.5, 0.6) is 0 Å². The second-order valence-corrected chi connectivity index (χ2v) is 6.91. The number of rotatable bonds is 3. The summed E-state index contributed by atoms with van der Waals surface area (Å²) in [5.74, 6) is 0.268. The molecule has 2 aliphatic heterocycles. The number of pyridine rings is 1. The molecule has 5 nitrogen and oxygen atoms in total. The molecular weight excluding hydrogens is 278 g/mol. The Hall–Kier alpha value is -1.46. The van der Waals surface area contributed by atoms with Gasteiger partial charge in [-0.1, -0.05) is 0 Å². The summed E-state index contributed by atoms with van der Waals surface area (Å²) in [4.78, 5) is 20.8. The highest BCUT2D eigenvalue weighted by atomic mass is 16.5. The Kier molecular flexibility index (Phi) is 4.45. The quantitative estimate of drug-likeness (QED) is 0.850. The lowest BCUT2D eigenvalue weighted by molar-refractivity contribution is -0.129. The van der Waals surface area contributed by atoms with Gasteiger partial charge in [-0.2, -0.15) is 0 Å². The fraction of sp³-hybridized carbons (Fsp3) is 0.647. The van der Waals surface area contributed by atoms with Gasteiger partial charge in [0, 0.05) is 56.5 Å². The van der Waals surface area contributed by atoms with E-state index in [1.165, 1.54) is 5.56 Å². The molecule has 120 valence electrons. The Bertz CT molecular complexity index is 520. The van der Waals surface area contributed by atoms with Crippen LogP contribution in [-0.2, 0) is 16.1 Å². The van der Waals surface area contributed by atoms with E-state index in [1.54, 1.807) is 0 Å². The van der Waals surface area contributed by atoms with Crippen LogP contribution in [0.3, 0.4) is 0 Å². The smallest absolute Gasteiger partial charge is 0.223 e. The van der Waals surface area contributed by atoms with Crippen molar-refractivity contribution in [1.29, 1.82) is 0 Å². The lowest BCUT2D eigenvalue weighted by Crippen LogP contribution is -2.41. The number of aromatic nitrogens is 1. The Morgan fingerprint density at radius 2 is 2.09 bits per heavy atom. The predicted molar refractivity (Wildman–Crippen MR) is 84.2 cm³/mol. The van der Waals surface area contributed by atoms with Gasteiger partial charge in [0.15, 0.2) is 0 Å². The molecule has 2 saturated heterocycles. The summed E-state index contributed by atoms with van der Waals surface area (Å²) in [6, 6.07) is 4.38. The van der Waals surface area contributed by atoms with E-state index in [4.69, 9.17) is 4.74 Å². The van der Waals surface area contributed by atoms with Gasteiger partial charge in [-0.25, -0.2) is 0 Å². The highest BCUT2D eigenvalue weighted by Crippen LogP contribution is 2.35. The van der Waals surface area contributed by atoms with Crippen molar-refractivity contribution in [1.82, 2.24) is 14.8 Å². The van der Waals surface area contributed by atoms with Crippen LogP contribution < -0.4 is 0 Å². The fourth-order valence-corrected chi connectivity index (χ4v) is 3.56. The largest absolute Gasteiger partial charge is 0.379 e. The van der Waals surface area contributed by atoms with E-state index in [1.807, 2.05) is 17.3 Å². The van der Waals surface area contributed by atoms with Crippen molar-refractivity contribution in [2.75, 3.05) is 32.8 Å². The summed E-state index contributed by atoms with van der Waals surface area (Å²) < 4.78 is 5.84. The lowest BCUT2D eigenvalue weighted by Gasteiger charge is -2.32. The van der Waals surface area contributed by atoms with Gasteiger partial charge in [0.05, 0.1) is 13.2 Å². The van der Waals surface area contributed by atoms with Crippen LogP contribution in [-0.4, -0.2) is 59.6 Å². The first-order valence-electron chi connectivity index (χ1n) is 8.06. The van der Waals surface area contributed by atoms with Gasteiger partial charge in [0.25, 0.3) is 0 Å². The monoisotopic (exact) mass is 303 g/mol. The number of likely N-dealkylation sites (tertiary alicyclic amines) is 1. The van der Waals surface area contributed by atoms with Gasteiger partial charge in [-0.15, -0.1) is 0 Å². The third-order valence-corrected chi connectivity index (χ3v) is 4.65. The Morgan fingerprint density at radius 3 is 2.77 bits per heavy atom. The predicted octanol–water partition coefficient (Wildman–Crippen LogP) is 1.54. The summed E-state index contributed by atoms with van der Waals surface area (Å²) in [5.41, 5.74) is 1.21. The number of hydrogen-bond acceptors (Lipinski definition) is 4. The first-order chi connectivity index (χ1) is 10.6. The summed E-state index contributed by atoms with van der Waals surface area (Å²) in [6.45, 7) is 9.15. The van der Waals surface area contributed by atoms with Crippen LogP contribution in [0.2, 0.25) is 0 Å². The minimum Gasteiger partial charge on any atom is -0.379 e. The molecule has 3 rings (SSSR count). The molecular formula is C17H25N3O2. The molecule has 0 N–H and O–H groups in total. The second kappa shape index (κ2) is 6.34. The molecule has 1 amide bonds. The van der Waals surface area contributed by atoms with Crippen molar-refractivity contribution < 1.29 is 9.53 Å². The molecule has 1 unspecified atom stereocenters. The molecule has 5 heteroatoms. The van der Waals surface area contributed by atoms with Gasteiger partial charge < -0.3 is 9.64 Å². The summed E-state index contributed by atoms with van der Waals surface area (Å²) in [6.07, 6.45) is 4.27. The molecule has 22 heavy (non-hydrogen) atoms. The first-order valence-corrected chi connectivity index (χ1v) is 8.06. The average molecular weight is 303 g/mol. The van der Waals surface area contributed by atoms with Crippen LogP contribution in [0, 0.1) is 5.41 Å². The highest BCUT2D eigenvalue weighted by molar-refractivity contribution is 5.79. The molecule has 0 aliphatic carbocycles. The zero-order valence-electron chi connectivity index (χ0n) is 13.5. The number of carbonyl (C=O) groups excluding carboxylic acids is 1. The summed E-state index contributed by atoms with van der Waals surface area (Å²) in [7, 11) is 0. The fourth-order valence-electron chi connectivity index (χ4n) is 3.56. The normalized spacial score (nSPS) is 26.9. The number of carbonyl (C=O) groups is 1. The van der Waals surface area contributed by atoms with Crippen LogP contribution in [0.25, 0.3) is 0 Å². The van der Waals surface area contributed by atoms with Crippen molar-refractivity contribution in [2.24, 2.45) is 5.41 Å². The molecule has 1 aromatic heterocycles. The van der Waals surface area contributed by atoms with Crippen LogP contribution >= 0.6 is 0 Å². The Labute approximate surface area is 132 Å². The van der Waals surface area contributed by atoms with E-state index >= 15 is 0 Å². The molecule has 2 fully saturated rings. The molecule has 1 aromatic rings. The van der Waals surface area contributed by atoms with E-state index in [0.717, 1.165) is 32.8 Å². The van der Waals surface area contributed by atoms with Gasteiger partial charge in [0.2, 0.25) is 5.91 Å². The van der Waals surface area contributed by atoms with Crippen molar-refractivity contribution in [3.63, 3.8) is 0 Å². The van der Waals surface area contributed by atoms with Crippen molar-refractivity contribution in [3.05, 3.63) is 30.1 Å². The highest BCUT2D eigenvalue weighted by Gasteiger charge is 2.46. The van der Waals surface area contributed by atoms with E-state index in [2.05, 4.69) is 35.9 Å².